The summed E-state index contributed by atoms with van der Waals surface area (Å²) in [5.74, 6) is -0.184. The Morgan fingerprint density at radius 2 is 1.77 bits per heavy atom. The molecular weight excluding hydrogens is 471 g/mol. The summed E-state index contributed by atoms with van der Waals surface area (Å²) in [4.78, 5) is 25.7. The Balaban J connectivity index is 1.84. The van der Waals surface area contributed by atoms with Gasteiger partial charge in [-0.05, 0) is 73.3 Å². The van der Waals surface area contributed by atoms with Gasteiger partial charge in [0.2, 0.25) is 0 Å². The minimum Gasteiger partial charge on any atom is -0.494 e. The van der Waals surface area contributed by atoms with E-state index in [1.54, 1.807) is 25.3 Å². The van der Waals surface area contributed by atoms with Gasteiger partial charge in [-0.2, -0.15) is 0 Å². The van der Waals surface area contributed by atoms with E-state index in [1.807, 2.05) is 0 Å². The fraction of sp³-hybridized carbons (Fsp3) is 0.111. The Labute approximate surface area is 166 Å². The van der Waals surface area contributed by atoms with Gasteiger partial charge in [0.15, 0.2) is 0 Å². The minimum atomic E-state index is -0.516. The Kier molecular flexibility index (Phi) is 5.43. The zero-order valence-electron chi connectivity index (χ0n) is 13.6. The number of carbonyl (C=O) groups excluding carboxylic acids is 2. The van der Waals surface area contributed by atoms with Crippen LogP contribution in [0, 0.1) is 5.82 Å². The number of benzene rings is 2. The number of rotatable bonds is 4. The second-order valence-electron chi connectivity index (χ2n) is 5.52. The zero-order chi connectivity index (χ0) is 18.8. The van der Waals surface area contributed by atoms with Crippen molar-refractivity contribution in [3.63, 3.8) is 0 Å². The van der Waals surface area contributed by atoms with Crippen LogP contribution >= 0.6 is 31.9 Å². The van der Waals surface area contributed by atoms with Gasteiger partial charge >= 0.3 is 6.03 Å². The molecule has 0 atom stereocenters. The minimum absolute atomic E-state index is 0.0677. The van der Waals surface area contributed by atoms with E-state index in [0.29, 0.717) is 25.8 Å². The van der Waals surface area contributed by atoms with Crippen LogP contribution in [0.2, 0.25) is 0 Å². The van der Waals surface area contributed by atoms with Gasteiger partial charge in [0.05, 0.1) is 22.6 Å². The third-order valence-corrected chi connectivity index (χ3v) is 4.93. The number of methoxy groups -OCH3 is 1. The van der Waals surface area contributed by atoms with Crippen molar-refractivity contribution in [2.24, 2.45) is 0 Å². The van der Waals surface area contributed by atoms with E-state index in [0.717, 1.165) is 4.90 Å². The molecule has 0 spiro atoms. The Bertz CT molecular complexity index is 890. The molecule has 134 valence electrons. The second kappa shape index (κ2) is 7.59. The highest BCUT2D eigenvalue weighted by atomic mass is 79.9. The molecule has 8 heteroatoms. The molecule has 1 fully saturated rings. The van der Waals surface area contributed by atoms with Crippen molar-refractivity contribution in [2.75, 3.05) is 7.11 Å². The summed E-state index contributed by atoms with van der Waals surface area (Å²) in [5, 5.41) is 2.56. The van der Waals surface area contributed by atoms with Crippen molar-refractivity contribution in [1.82, 2.24) is 10.2 Å². The van der Waals surface area contributed by atoms with Crippen molar-refractivity contribution in [2.45, 2.75) is 6.54 Å². The molecule has 3 rings (SSSR count). The molecule has 1 aliphatic rings. The number of halogens is 3. The highest BCUT2D eigenvalue weighted by Crippen LogP contribution is 2.35. The van der Waals surface area contributed by atoms with Gasteiger partial charge in [0, 0.05) is 0 Å². The average Bonchev–Trinajstić information content (AvgIpc) is 2.84. The first-order valence-electron chi connectivity index (χ1n) is 7.51. The van der Waals surface area contributed by atoms with Crippen molar-refractivity contribution in [3.05, 3.63) is 68.0 Å². The summed E-state index contributed by atoms with van der Waals surface area (Å²) >= 11 is 6.80. The third-order valence-electron chi connectivity index (χ3n) is 3.75. The molecule has 1 aliphatic heterocycles. The van der Waals surface area contributed by atoms with E-state index in [1.165, 1.54) is 24.3 Å². The maximum Gasteiger partial charge on any atom is 0.329 e. The largest absolute Gasteiger partial charge is 0.494 e. The van der Waals surface area contributed by atoms with Crippen LogP contribution in [-0.2, 0) is 11.3 Å². The summed E-state index contributed by atoms with van der Waals surface area (Å²) in [6, 6.07) is 8.69. The predicted octanol–water partition coefficient (Wildman–Crippen LogP) is 4.45. The van der Waals surface area contributed by atoms with Crippen LogP contribution in [0.25, 0.3) is 6.08 Å². The summed E-state index contributed by atoms with van der Waals surface area (Å²) < 4.78 is 19.7. The maximum atomic E-state index is 13.0. The lowest BCUT2D eigenvalue weighted by Gasteiger charge is -2.11. The van der Waals surface area contributed by atoms with Crippen LogP contribution in [0.5, 0.6) is 5.75 Å². The number of nitrogens with zero attached hydrogens (tertiary/aromatic N) is 1. The van der Waals surface area contributed by atoms with E-state index < -0.39 is 11.9 Å². The number of amides is 3. The standard InChI is InChI=1S/C18H13Br2FN2O3/c1-26-16-13(19)6-11(7-14(16)20)8-15-17(24)23(18(25)22-15)9-10-2-4-12(21)5-3-10/h2-8H,9H2,1H3,(H,22,25)/b15-8+. The lowest BCUT2D eigenvalue weighted by Crippen LogP contribution is -2.30. The molecule has 0 unspecified atom stereocenters. The topological polar surface area (TPSA) is 58.6 Å². The summed E-state index contributed by atoms with van der Waals surface area (Å²) in [6.07, 6.45) is 1.58. The Morgan fingerprint density at radius 3 is 2.35 bits per heavy atom. The van der Waals surface area contributed by atoms with Gasteiger partial charge in [0.1, 0.15) is 17.3 Å². The molecule has 2 aromatic carbocycles. The van der Waals surface area contributed by atoms with E-state index in [-0.39, 0.29) is 18.1 Å². The molecule has 0 bridgehead atoms. The van der Waals surface area contributed by atoms with Gasteiger partial charge in [0.25, 0.3) is 5.91 Å². The molecule has 1 heterocycles. The van der Waals surface area contributed by atoms with Crippen LogP contribution in [-0.4, -0.2) is 23.9 Å². The fourth-order valence-electron chi connectivity index (χ4n) is 2.51. The molecule has 0 saturated carbocycles. The molecular formula is C18H13Br2FN2O3. The van der Waals surface area contributed by atoms with Gasteiger partial charge in [-0.3, -0.25) is 9.69 Å². The van der Waals surface area contributed by atoms with Crippen molar-refractivity contribution >= 4 is 49.9 Å². The predicted molar refractivity (Wildman–Crippen MR) is 102 cm³/mol. The van der Waals surface area contributed by atoms with Crippen LogP contribution in [0.3, 0.4) is 0 Å². The lowest BCUT2D eigenvalue weighted by molar-refractivity contribution is -0.123. The quantitative estimate of drug-likeness (QED) is 0.516. The average molecular weight is 484 g/mol. The van der Waals surface area contributed by atoms with Gasteiger partial charge < -0.3 is 10.1 Å². The molecule has 3 amide bonds. The number of nitrogens with one attached hydrogen (secondary N) is 1. The fourth-order valence-corrected chi connectivity index (χ4v) is 4.06. The molecule has 0 aliphatic carbocycles. The summed E-state index contributed by atoms with van der Waals surface area (Å²) in [6.45, 7) is 0.0677. The van der Waals surface area contributed by atoms with Crippen LogP contribution in [0.1, 0.15) is 11.1 Å². The number of hydrogen-bond donors (Lipinski definition) is 1. The number of ether oxygens (including phenoxy) is 1. The van der Waals surface area contributed by atoms with Gasteiger partial charge in [-0.15, -0.1) is 0 Å². The van der Waals surface area contributed by atoms with E-state index in [4.69, 9.17) is 4.74 Å². The number of imide groups is 1. The summed E-state index contributed by atoms with van der Waals surface area (Å²) in [5.41, 5.74) is 1.53. The molecule has 5 nitrogen and oxygen atoms in total. The molecule has 2 aromatic rings. The number of hydrogen-bond acceptors (Lipinski definition) is 3. The molecule has 26 heavy (non-hydrogen) atoms. The van der Waals surface area contributed by atoms with Crippen LogP contribution < -0.4 is 10.1 Å². The SMILES string of the molecule is COc1c(Br)cc(/C=C2/NC(=O)N(Cc3ccc(F)cc3)C2=O)cc1Br. The normalized spacial score (nSPS) is 15.5. The number of carbonyl (C=O) groups is 2. The monoisotopic (exact) mass is 482 g/mol. The van der Waals surface area contributed by atoms with Crippen molar-refractivity contribution in [3.8, 4) is 5.75 Å². The molecule has 1 N–H and O–H groups in total. The maximum absolute atomic E-state index is 13.0. The van der Waals surface area contributed by atoms with E-state index in [9.17, 15) is 14.0 Å². The first kappa shape index (κ1) is 18.6. The number of urea groups is 1. The smallest absolute Gasteiger partial charge is 0.329 e. The third kappa shape index (κ3) is 3.81. The zero-order valence-corrected chi connectivity index (χ0v) is 16.7. The van der Waals surface area contributed by atoms with Crippen LogP contribution in [0.15, 0.2) is 51.0 Å². The van der Waals surface area contributed by atoms with Gasteiger partial charge in [-0.25, -0.2) is 9.18 Å². The van der Waals surface area contributed by atoms with Gasteiger partial charge in [-0.1, -0.05) is 12.1 Å². The molecule has 0 radical (unpaired) electrons. The van der Waals surface area contributed by atoms with E-state index >= 15 is 0 Å². The molecule has 0 aromatic heterocycles. The van der Waals surface area contributed by atoms with E-state index in [2.05, 4.69) is 37.2 Å². The van der Waals surface area contributed by atoms with Crippen molar-refractivity contribution < 1.29 is 18.7 Å². The van der Waals surface area contributed by atoms with Crippen molar-refractivity contribution in [1.29, 1.82) is 0 Å². The molecule has 1 saturated heterocycles. The first-order chi connectivity index (χ1) is 12.4. The van der Waals surface area contributed by atoms with Crippen LogP contribution in [0.4, 0.5) is 9.18 Å². The highest BCUT2D eigenvalue weighted by molar-refractivity contribution is 9.11. The second-order valence-corrected chi connectivity index (χ2v) is 7.23. The lowest BCUT2D eigenvalue weighted by atomic mass is 10.1. The highest BCUT2D eigenvalue weighted by Gasteiger charge is 2.33. The Hall–Kier alpha value is -2.19. The summed E-state index contributed by atoms with van der Waals surface area (Å²) in [7, 11) is 1.55. The first-order valence-corrected chi connectivity index (χ1v) is 9.09. The Morgan fingerprint density at radius 1 is 1.15 bits per heavy atom.